The topological polar surface area (TPSA) is 38.0 Å². The van der Waals surface area contributed by atoms with Crippen molar-refractivity contribution >= 4 is 0 Å². The van der Waals surface area contributed by atoms with Gasteiger partial charge in [0.05, 0.1) is 5.69 Å². The highest BCUT2D eigenvalue weighted by atomic mass is 19.1. The van der Waals surface area contributed by atoms with Crippen LogP contribution in [0.15, 0.2) is 30.5 Å². The van der Waals surface area contributed by atoms with Crippen LogP contribution >= 0.6 is 0 Å². The number of aliphatic hydroxyl groups excluding tert-OH is 1. The lowest BCUT2D eigenvalue weighted by Gasteiger charge is -2.11. The molecule has 0 fully saturated rings. The maximum atomic E-state index is 13.6. The fourth-order valence-electron chi connectivity index (χ4n) is 1.92. The summed E-state index contributed by atoms with van der Waals surface area (Å²) in [5.41, 5.74) is 1.75. The number of hydrogen-bond donors (Lipinski definition) is 1. The Kier molecular flexibility index (Phi) is 3.24. The van der Waals surface area contributed by atoms with E-state index in [4.69, 9.17) is 0 Å². The standard InChI is InChI=1S/C13H15FN2O/c1-3-12-10(8-16(2)15-12)13(17)9-6-4-5-7-11(9)14/h4-8,13,17H,3H2,1-2H3. The zero-order chi connectivity index (χ0) is 12.4. The van der Waals surface area contributed by atoms with E-state index in [9.17, 15) is 9.50 Å². The van der Waals surface area contributed by atoms with E-state index in [0.717, 1.165) is 5.69 Å². The van der Waals surface area contributed by atoms with Crippen LogP contribution in [0.2, 0.25) is 0 Å². The minimum Gasteiger partial charge on any atom is -0.383 e. The molecule has 1 unspecified atom stereocenters. The molecule has 0 radical (unpaired) electrons. The van der Waals surface area contributed by atoms with Gasteiger partial charge in [0, 0.05) is 24.4 Å². The van der Waals surface area contributed by atoms with Gasteiger partial charge in [0.1, 0.15) is 11.9 Å². The predicted octanol–water partition coefficient (Wildman–Crippen LogP) is 2.20. The highest BCUT2D eigenvalue weighted by molar-refractivity contribution is 5.32. The van der Waals surface area contributed by atoms with Crippen LogP contribution in [0, 0.1) is 5.82 Å². The van der Waals surface area contributed by atoms with Crippen molar-refractivity contribution in [2.24, 2.45) is 7.05 Å². The number of hydrogen-bond acceptors (Lipinski definition) is 2. The lowest BCUT2D eigenvalue weighted by Crippen LogP contribution is -2.04. The van der Waals surface area contributed by atoms with E-state index in [1.165, 1.54) is 6.07 Å². The summed E-state index contributed by atoms with van der Waals surface area (Å²) >= 11 is 0. The second-order valence-corrected chi connectivity index (χ2v) is 3.98. The molecule has 0 saturated heterocycles. The molecule has 4 heteroatoms. The first-order valence-electron chi connectivity index (χ1n) is 5.58. The highest BCUT2D eigenvalue weighted by Gasteiger charge is 2.19. The lowest BCUT2D eigenvalue weighted by atomic mass is 10.0. The molecule has 3 nitrogen and oxygen atoms in total. The van der Waals surface area contributed by atoms with Gasteiger partial charge in [0.25, 0.3) is 0 Å². The van der Waals surface area contributed by atoms with Gasteiger partial charge in [-0.3, -0.25) is 4.68 Å². The number of aliphatic hydroxyl groups is 1. The van der Waals surface area contributed by atoms with Crippen LogP contribution in [-0.4, -0.2) is 14.9 Å². The number of nitrogens with zero attached hydrogens (tertiary/aromatic N) is 2. The fourth-order valence-corrected chi connectivity index (χ4v) is 1.92. The third-order valence-corrected chi connectivity index (χ3v) is 2.77. The van der Waals surface area contributed by atoms with Gasteiger partial charge in [-0.25, -0.2) is 4.39 Å². The summed E-state index contributed by atoms with van der Waals surface area (Å²) in [5, 5.41) is 14.4. The van der Waals surface area contributed by atoms with Crippen LogP contribution < -0.4 is 0 Å². The van der Waals surface area contributed by atoms with Crippen molar-refractivity contribution in [1.82, 2.24) is 9.78 Å². The van der Waals surface area contributed by atoms with Gasteiger partial charge >= 0.3 is 0 Å². The van der Waals surface area contributed by atoms with Gasteiger partial charge in [0.15, 0.2) is 0 Å². The van der Waals surface area contributed by atoms with E-state index < -0.39 is 11.9 Å². The van der Waals surface area contributed by atoms with Crippen LogP contribution in [0.1, 0.15) is 29.8 Å². The zero-order valence-electron chi connectivity index (χ0n) is 9.89. The quantitative estimate of drug-likeness (QED) is 0.884. The number of aromatic nitrogens is 2. The molecule has 2 rings (SSSR count). The second kappa shape index (κ2) is 4.67. The van der Waals surface area contributed by atoms with E-state index >= 15 is 0 Å². The van der Waals surface area contributed by atoms with Crippen molar-refractivity contribution < 1.29 is 9.50 Å². The van der Waals surface area contributed by atoms with E-state index in [0.29, 0.717) is 12.0 Å². The van der Waals surface area contributed by atoms with Crippen LogP contribution in [0.4, 0.5) is 4.39 Å². The van der Waals surface area contributed by atoms with Crippen molar-refractivity contribution in [2.75, 3.05) is 0 Å². The molecule has 0 aliphatic rings. The molecule has 0 aliphatic carbocycles. The van der Waals surface area contributed by atoms with Gasteiger partial charge in [-0.15, -0.1) is 0 Å². The molecule has 0 amide bonds. The molecule has 1 heterocycles. The first kappa shape index (κ1) is 11.8. The van der Waals surface area contributed by atoms with Crippen molar-refractivity contribution in [3.8, 4) is 0 Å². The van der Waals surface area contributed by atoms with Gasteiger partial charge in [0.2, 0.25) is 0 Å². The summed E-state index contributed by atoms with van der Waals surface area (Å²) in [4.78, 5) is 0. The Hall–Kier alpha value is -1.68. The van der Waals surface area contributed by atoms with Crippen molar-refractivity contribution in [3.05, 3.63) is 53.1 Å². The molecular formula is C13H15FN2O. The molecule has 1 atom stereocenters. The van der Waals surface area contributed by atoms with Crippen LogP contribution in [0.3, 0.4) is 0 Å². The molecule has 1 aromatic heterocycles. The van der Waals surface area contributed by atoms with E-state index in [2.05, 4.69) is 5.10 Å². The smallest absolute Gasteiger partial charge is 0.129 e. The SMILES string of the molecule is CCc1nn(C)cc1C(O)c1ccccc1F. The first-order valence-corrected chi connectivity index (χ1v) is 5.58. The summed E-state index contributed by atoms with van der Waals surface area (Å²) in [7, 11) is 1.79. The van der Waals surface area contributed by atoms with Crippen molar-refractivity contribution in [1.29, 1.82) is 0 Å². The maximum Gasteiger partial charge on any atom is 0.129 e. The number of rotatable bonds is 3. The third kappa shape index (κ3) is 2.22. The fraction of sp³-hybridized carbons (Fsp3) is 0.308. The molecular weight excluding hydrogens is 219 g/mol. The van der Waals surface area contributed by atoms with E-state index in [1.54, 1.807) is 36.1 Å². The van der Waals surface area contributed by atoms with Gasteiger partial charge in [-0.2, -0.15) is 5.10 Å². The Balaban J connectivity index is 2.43. The molecule has 0 saturated carbocycles. The van der Waals surface area contributed by atoms with Crippen LogP contribution in [-0.2, 0) is 13.5 Å². The summed E-state index contributed by atoms with van der Waals surface area (Å²) in [5.74, 6) is -0.397. The lowest BCUT2D eigenvalue weighted by molar-refractivity contribution is 0.214. The highest BCUT2D eigenvalue weighted by Crippen LogP contribution is 2.26. The number of benzene rings is 1. The Morgan fingerprint density at radius 3 is 2.71 bits per heavy atom. The molecule has 1 aromatic carbocycles. The minimum atomic E-state index is -0.958. The van der Waals surface area contributed by atoms with Gasteiger partial charge in [-0.1, -0.05) is 25.1 Å². The molecule has 1 N–H and O–H groups in total. The second-order valence-electron chi connectivity index (χ2n) is 3.98. The molecule has 2 aromatic rings. The first-order chi connectivity index (χ1) is 8.13. The van der Waals surface area contributed by atoms with Crippen molar-refractivity contribution in [2.45, 2.75) is 19.4 Å². The summed E-state index contributed by atoms with van der Waals surface area (Å²) in [6, 6.07) is 6.26. The molecule has 0 spiro atoms. The Morgan fingerprint density at radius 2 is 2.06 bits per heavy atom. The largest absolute Gasteiger partial charge is 0.383 e. The predicted molar refractivity (Wildman–Crippen MR) is 63.0 cm³/mol. The number of halogens is 1. The minimum absolute atomic E-state index is 0.287. The molecule has 17 heavy (non-hydrogen) atoms. The Bertz CT molecular complexity index is 522. The number of aryl methyl sites for hydroxylation is 2. The monoisotopic (exact) mass is 234 g/mol. The summed E-state index contributed by atoms with van der Waals surface area (Å²) in [6.07, 6.45) is 1.48. The molecule has 0 aliphatic heterocycles. The Labute approximate surface area is 99.5 Å². The van der Waals surface area contributed by atoms with Crippen LogP contribution in [0.5, 0.6) is 0 Å². The van der Waals surface area contributed by atoms with Crippen LogP contribution in [0.25, 0.3) is 0 Å². The third-order valence-electron chi connectivity index (χ3n) is 2.77. The maximum absolute atomic E-state index is 13.6. The van der Waals surface area contributed by atoms with Gasteiger partial charge in [-0.05, 0) is 12.5 Å². The summed E-state index contributed by atoms with van der Waals surface area (Å²) < 4.78 is 15.2. The molecule has 0 bridgehead atoms. The van der Waals surface area contributed by atoms with E-state index in [-0.39, 0.29) is 5.56 Å². The van der Waals surface area contributed by atoms with E-state index in [1.807, 2.05) is 6.92 Å². The average molecular weight is 234 g/mol. The zero-order valence-corrected chi connectivity index (χ0v) is 9.89. The summed E-state index contributed by atoms with van der Waals surface area (Å²) in [6.45, 7) is 1.96. The average Bonchev–Trinajstić information content (AvgIpc) is 2.70. The Morgan fingerprint density at radius 1 is 1.35 bits per heavy atom. The van der Waals surface area contributed by atoms with Crippen molar-refractivity contribution in [3.63, 3.8) is 0 Å². The normalized spacial score (nSPS) is 12.7. The molecule has 90 valence electrons. The van der Waals surface area contributed by atoms with Gasteiger partial charge < -0.3 is 5.11 Å².